The molecule has 4 atom stereocenters. The number of imide groups is 1. The van der Waals surface area contributed by atoms with Gasteiger partial charge in [-0.15, -0.1) is 0 Å². The van der Waals surface area contributed by atoms with Crippen molar-refractivity contribution in [2.45, 2.75) is 89.8 Å². The van der Waals surface area contributed by atoms with E-state index < -0.39 is 23.5 Å². The second kappa shape index (κ2) is 20.2. The van der Waals surface area contributed by atoms with Crippen molar-refractivity contribution < 1.29 is 28.0 Å². The SMILES string of the molecule is CNc1ccn(-c2ccnc3c2C=C(CN2CC=C(c4c(F)cc(C(=O)N5CCC(CN6CCN(Cc7ccc8c(c7)N(C7CC7)C(=O)C(C7CCC(=O)NC7=O)C8)CC6C)CC5)cc4F)CC2)C3C)c(=O)c1. The van der Waals surface area contributed by atoms with E-state index in [0.717, 1.165) is 97.9 Å². The number of pyridine rings is 2. The summed E-state index contributed by atoms with van der Waals surface area (Å²) in [5, 5.41) is 5.46. The predicted octanol–water partition coefficient (Wildman–Crippen LogP) is 6.62. The summed E-state index contributed by atoms with van der Waals surface area (Å²) in [5.74, 6) is -2.83. The van der Waals surface area contributed by atoms with Gasteiger partial charge in [-0.2, -0.15) is 0 Å². The lowest BCUT2D eigenvalue weighted by Crippen LogP contribution is -2.53. The Morgan fingerprint density at radius 1 is 0.836 bits per heavy atom. The van der Waals surface area contributed by atoms with Gasteiger partial charge in [0.25, 0.3) is 11.5 Å². The van der Waals surface area contributed by atoms with Gasteiger partial charge in [-0.25, -0.2) is 8.78 Å². The smallest absolute Gasteiger partial charge is 0.257 e. The third-order valence-electron chi connectivity index (χ3n) is 16.8. The Hall–Kier alpha value is -6.36. The summed E-state index contributed by atoms with van der Waals surface area (Å²) in [6.45, 7) is 11.7. The van der Waals surface area contributed by atoms with E-state index >= 15 is 8.78 Å². The zero-order chi connectivity index (χ0) is 50.7. The fourth-order valence-corrected chi connectivity index (χ4v) is 12.4. The minimum absolute atomic E-state index is 0.0108. The number of hydrogen-bond acceptors (Lipinski definition) is 10. The topological polar surface area (TPSA) is 143 Å². The quantitative estimate of drug-likeness (QED) is 0.149. The largest absolute Gasteiger partial charge is 0.388 e. The number of nitrogens with one attached hydrogen (secondary N) is 2. The lowest BCUT2D eigenvalue weighted by Gasteiger charge is -2.43. The second-order valence-electron chi connectivity index (χ2n) is 21.6. The normalized spacial score (nSPS) is 24.3. The maximum absolute atomic E-state index is 15.9. The fraction of sp³-hybridized carbons (Fsp3) is 0.474. The van der Waals surface area contributed by atoms with Gasteiger partial charge in [0.2, 0.25) is 17.7 Å². The Bertz CT molecular complexity index is 2970. The molecular weight excluding hydrogens is 929 g/mol. The van der Waals surface area contributed by atoms with Gasteiger partial charge >= 0.3 is 0 Å². The van der Waals surface area contributed by atoms with Crippen LogP contribution in [0.2, 0.25) is 0 Å². The number of hydrogen-bond donors (Lipinski definition) is 2. The van der Waals surface area contributed by atoms with Crippen LogP contribution in [0.1, 0.15) is 103 Å². The van der Waals surface area contributed by atoms with Crippen LogP contribution in [-0.4, -0.2) is 131 Å². The van der Waals surface area contributed by atoms with Gasteiger partial charge in [0, 0.05) is 143 Å². The molecule has 0 radical (unpaired) electrons. The van der Waals surface area contributed by atoms with E-state index in [-0.39, 0.29) is 58.7 Å². The Morgan fingerprint density at radius 3 is 2.33 bits per heavy atom. The number of piperidine rings is 2. The molecule has 1 saturated carbocycles. The minimum atomic E-state index is -0.715. The van der Waals surface area contributed by atoms with Crippen molar-refractivity contribution in [3.8, 4) is 5.69 Å². The van der Waals surface area contributed by atoms with Gasteiger partial charge in [0.15, 0.2) is 0 Å². The average Bonchev–Trinajstić information content (AvgIpc) is 4.17. The first-order valence-corrected chi connectivity index (χ1v) is 26.4. The highest BCUT2D eigenvalue weighted by Gasteiger charge is 2.47. The first kappa shape index (κ1) is 48.9. The number of carbonyl (C=O) groups excluding carboxylic acids is 4. The minimum Gasteiger partial charge on any atom is -0.388 e. The number of likely N-dealkylation sites (tertiary alicyclic amines) is 1. The molecular formula is C57H65F2N9O5. The maximum atomic E-state index is 15.9. The second-order valence-corrected chi connectivity index (χ2v) is 21.6. The van der Waals surface area contributed by atoms with Gasteiger partial charge in [-0.3, -0.25) is 53.5 Å². The number of halogens is 2. The molecule has 14 nitrogen and oxygen atoms in total. The highest BCUT2D eigenvalue weighted by molar-refractivity contribution is 6.05. The zero-order valence-electron chi connectivity index (χ0n) is 42.0. The molecule has 2 N–H and O–H groups in total. The molecule has 4 aromatic rings. The van der Waals surface area contributed by atoms with Crippen LogP contribution in [0.25, 0.3) is 17.3 Å². The molecule has 382 valence electrons. The van der Waals surface area contributed by atoms with E-state index in [2.05, 4.69) is 68.4 Å². The Kier molecular flexibility index (Phi) is 13.5. The van der Waals surface area contributed by atoms with Crippen molar-refractivity contribution in [3.05, 3.63) is 128 Å². The summed E-state index contributed by atoms with van der Waals surface area (Å²) in [4.78, 5) is 80.9. The van der Waals surface area contributed by atoms with Crippen molar-refractivity contribution in [3.63, 3.8) is 0 Å². The summed E-state index contributed by atoms with van der Waals surface area (Å²) < 4.78 is 33.4. The predicted molar refractivity (Wildman–Crippen MR) is 276 cm³/mol. The number of rotatable bonds is 12. The molecule has 7 aliphatic rings. The summed E-state index contributed by atoms with van der Waals surface area (Å²) in [6, 6.07) is 14.7. The van der Waals surface area contributed by atoms with Crippen LogP contribution in [0, 0.1) is 29.4 Å². The first-order valence-electron chi connectivity index (χ1n) is 26.4. The van der Waals surface area contributed by atoms with Gasteiger partial charge in [-0.1, -0.05) is 25.1 Å². The molecule has 0 bridgehead atoms. The molecule has 4 fully saturated rings. The number of carbonyl (C=O) groups is 4. The number of amides is 4. The monoisotopic (exact) mass is 994 g/mol. The van der Waals surface area contributed by atoms with E-state index in [4.69, 9.17) is 0 Å². The summed E-state index contributed by atoms with van der Waals surface area (Å²) >= 11 is 0. The molecule has 4 unspecified atom stereocenters. The molecule has 2 aromatic carbocycles. The van der Waals surface area contributed by atoms with E-state index in [9.17, 15) is 24.0 Å². The molecule has 11 rings (SSSR count). The Morgan fingerprint density at radius 2 is 1.63 bits per heavy atom. The van der Waals surface area contributed by atoms with Crippen LogP contribution < -0.4 is 21.1 Å². The molecule has 4 amide bonds. The van der Waals surface area contributed by atoms with Gasteiger partial charge in [0.05, 0.1) is 23.2 Å². The number of nitrogens with zero attached hydrogens (tertiary/aromatic N) is 7. The molecule has 2 aromatic heterocycles. The molecule has 3 saturated heterocycles. The number of anilines is 2. The van der Waals surface area contributed by atoms with Gasteiger partial charge < -0.3 is 15.1 Å². The highest BCUT2D eigenvalue weighted by Crippen LogP contribution is 2.43. The average molecular weight is 994 g/mol. The number of fused-ring (bicyclic) bond motifs is 2. The summed E-state index contributed by atoms with van der Waals surface area (Å²) in [5.41, 5.74) is 8.20. The van der Waals surface area contributed by atoms with Crippen molar-refractivity contribution >= 4 is 46.7 Å². The molecule has 2 aliphatic carbocycles. The van der Waals surface area contributed by atoms with Crippen molar-refractivity contribution in [1.82, 2.24) is 34.5 Å². The Labute approximate surface area is 425 Å². The molecule has 0 spiro atoms. The summed E-state index contributed by atoms with van der Waals surface area (Å²) in [6.07, 6.45) is 12.7. The van der Waals surface area contributed by atoms with Crippen molar-refractivity contribution in [1.29, 1.82) is 0 Å². The maximum Gasteiger partial charge on any atom is 0.257 e. The highest BCUT2D eigenvalue weighted by atomic mass is 19.1. The van der Waals surface area contributed by atoms with Crippen LogP contribution >= 0.6 is 0 Å². The van der Waals surface area contributed by atoms with E-state index in [1.54, 1.807) is 35.0 Å². The summed E-state index contributed by atoms with van der Waals surface area (Å²) in [7, 11) is 1.78. The Balaban J connectivity index is 0.655. The molecule has 5 aliphatic heterocycles. The van der Waals surface area contributed by atoms with Crippen molar-refractivity contribution in [2.75, 3.05) is 76.2 Å². The number of aromatic nitrogens is 2. The van der Waals surface area contributed by atoms with Crippen LogP contribution in [-0.2, 0) is 27.3 Å². The third-order valence-corrected chi connectivity index (χ3v) is 16.8. The zero-order valence-corrected chi connectivity index (χ0v) is 42.0. The molecule has 73 heavy (non-hydrogen) atoms. The first-order chi connectivity index (χ1) is 35.3. The lowest BCUT2D eigenvalue weighted by atomic mass is 9.78. The van der Waals surface area contributed by atoms with Crippen LogP contribution in [0.3, 0.4) is 0 Å². The van der Waals surface area contributed by atoms with E-state index in [1.165, 1.54) is 17.7 Å². The van der Waals surface area contributed by atoms with E-state index in [1.807, 2.05) is 23.1 Å². The lowest BCUT2D eigenvalue weighted by molar-refractivity contribution is -0.141. The van der Waals surface area contributed by atoms with E-state index in [0.29, 0.717) is 69.5 Å². The van der Waals surface area contributed by atoms with Crippen LogP contribution in [0.4, 0.5) is 20.2 Å². The molecule has 16 heteroatoms. The molecule has 7 heterocycles. The third kappa shape index (κ3) is 9.81. The van der Waals surface area contributed by atoms with Gasteiger partial charge in [-0.05, 0) is 116 Å². The van der Waals surface area contributed by atoms with Gasteiger partial charge in [0.1, 0.15) is 11.6 Å². The number of benzene rings is 2. The number of piperazine rings is 1. The van der Waals surface area contributed by atoms with Crippen LogP contribution in [0.15, 0.2) is 77.4 Å². The van der Waals surface area contributed by atoms with Crippen molar-refractivity contribution in [2.24, 2.45) is 17.8 Å². The standard InChI is InChI=1S/C57H65F2N9O5/c1-34-30-64(31-37-4-5-39-25-45(44-8-9-51(69)62-55(44)71)57(73)68(43-6-7-43)50(39)24-37)22-23-66(34)32-36-11-19-65(20-12-36)56(72)40-27-47(58)53(48(59)28-40)38-13-17-63(18-14-38)33-41-26-46-49(10-16-61-54(46)35(41)2)67-21-15-42(60-3)29-52(67)70/h4-5,10,13,15-16,21,24,26-29,34-36,43-45,60H,6-9,11-12,14,17-20,22-23,25,30-33H2,1-3H3,(H,62,69,71). The fourth-order valence-electron chi connectivity index (χ4n) is 12.4. The van der Waals surface area contributed by atoms with Crippen LogP contribution in [0.5, 0.6) is 0 Å².